The predicted octanol–water partition coefficient (Wildman–Crippen LogP) is 1.84. The molecule has 0 aromatic heterocycles. The molecule has 3 rings (SSSR count). The molecule has 4 N–H and O–H groups in total. The molecule has 1 aromatic rings. The van der Waals surface area contributed by atoms with Gasteiger partial charge in [-0.2, -0.15) is 0 Å². The molecule has 1 aromatic carbocycles. The van der Waals surface area contributed by atoms with Crippen molar-refractivity contribution in [2.75, 3.05) is 16.9 Å². The van der Waals surface area contributed by atoms with E-state index in [1.165, 1.54) is 0 Å². The molecule has 0 radical (unpaired) electrons. The summed E-state index contributed by atoms with van der Waals surface area (Å²) in [5.41, 5.74) is 14.6. The van der Waals surface area contributed by atoms with Crippen molar-refractivity contribution in [2.24, 2.45) is 10.7 Å². The van der Waals surface area contributed by atoms with Gasteiger partial charge in [0.1, 0.15) is 17.1 Å². The zero-order valence-electron chi connectivity index (χ0n) is 10.00. The van der Waals surface area contributed by atoms with Gasteiger partial charge in [0.15, 0.2) is 0 Å². The van der Waals surface area contributed by atoms with Crippen LogP contribution in [0.5, 0.6) is 0 Å². The van der Waals surface area contributed by atoms with Crippen LogP contribution in [0.4, 0.5) is 11.4 Å². The normalized spacial score (nSPS) is 21.7. The van der Waals surface area contributed by atoms with E-state index in [1.807, 2.05) is 29.2 Å². The fraction of sp³-hybridized carbons (Fsp3) is 0.0769. The lowest BCUT2D eigenvalue weighted by molar-refractivity contribution is 1.15. The van der Waals surface area contributed by atoms with Crippen molar-refractivity contribution < 1.29 is 0 Å². The van der Waals surface area contributed by atoms with Crippen LogP contribution in [0.25, 0.3) is 0 Å². The van der Waals surface area contributed by atoms with Crippen LogP contribution >= 0.6 is 10.5 Å². The van der Waals surface area contributed by atoms with Crippen molar-refractivity contribution in [2.45, 2.75) is 0 Å². The summed E-state index contributed by atoms with van der Waals surface area (Å²) in [6.07, 6.45) is 5.97. The Hall–Kier alpha value is -2.01. The van der Waals surface area contributed by atoms with Crippen molar-refractivity contribution in [1.82, 2.24) is 0 Å². The zero-order valence-corrected chi connectivity index (χ0v) is 10.8. The molecule has 92 valence electrons. The Morgan fingerprint density at radius 3 is 2.61 bits per heavy atom. The minimum absolute atomic E-state index is 0.0686. The molecule has 0 amide bonds. The highest BCUT2D eigenvalue weighted by Crippen LogP contribution is 2.31. The summed E-state index contributed by atoms with van der Waals surface area (Å²) in [4.78, 5) is 7.45. The molecule has 0 saturated carbocycles. The summed E-state index contributed by atoms with van der Waals surface area (Å²) in [6, 6.07) is 7.58. The van der Waals surface area contributed by atoms with Gasteiger partial charge in [0.25, 0.3) is 0 Å². The molecule has 0 bridgehead atoms. The van der Waals surface area contributed by atoms with Crippen molar-refractivity contribution in [1.29, 1.82) is 0 Å². The van der Waals surface area contributed by atoms with Crippen LogP contribution in [-0.4, -0.2) is 17.6 Å². The Labute approximate surface area is 108 Å². The van der Waals surface area contributed by atoms with Gasteiger partial charge in [-0.3, -0.25) is 4.90 Å². The van der Waals surface area contributed by atoms with Crippen LogP contribution in [0.3, 0.4) is 0 Å². The third kappa shape index (κ3) is 1.64. The van der Waals surface area contributed by atoms with Crippen molar-refractivity contribution in [3.63, 3.8) is 0 Å². The minimum Gasteiger partial charge on any atom is -0.399 e. The number of nitrogen functional groups attached to an aromatic ring is 1. The minimum atomic E-state index is 0.0686. The van der Waals surface area contributed by atoms with Gasteiger partial charge in [0, 0.05) is 16.9 Å². The van der Waals surface area contributed by atoms with E-state index in [2.05, 4.69) is 22.7 Å². The van der Waals surface area contributed by atoms with Crippen molar-refractivity contribution >= 4 is 33.2 Å². The van der Waals surface area contributed by atoms with E-state index in [9.17, 15) is 0 Å². The number of benzene rings is 1. The van der Waals surface area contributed by atoms with Gasteiger partial charge in [0.2, 0.25) is 0 Å². The molecule has 2 aliphatic heterocycles. The second-order valence-electron chi connectivity index (χ2n) is 4.17. The summed E-state index contributed by atoms with van der Waals surface area (Å²) in [7, 11) is 0.0686. The second kappa shape index (κ2) is 4.03. The molecule has 4 nitrogen and oxygen atoms in total. The lowest BCUT2D eigenvalue weighted by Gasteiger charge is -2.25. The molecule has 0 spiro atoms. The number of nitrogens with zero attached hydrogens (tertiary/aromatic N) is 2. The highest BCUT2D eigenvalue weighted by Gasteiger charge is 2.22. The molecule has 0 fully saturated rings. The van der Waals surface area contributed by atoms with E-state index in [0.717, 1.165) is 27.8 Å². The molecule has 0 saturated heterocycles. The van der Waals surface area contributed by atoms with E-state index >= 15 is 0 Å². The average molecular weight is 258 g/mol. The summed E-state index contributed by atoms with van der Waals surface area (Å²) < 4.78 is 0. The first-order valence-corrected chi connectivity index (χ1v) is 7.25. The monoisotopic (exact) mass is 258 g/mol. The quantitative estimate of drug-likeness (QED) is 0.596. The third-order valence-corrected chi connectivity index (χ3v) is 4.45. The second-order valence-corrected chi connectivity index (χ2v) is 5.94. The smallest absolute Gasteiger partial charge is 0.119 e. The number of hydrogen-bond donors (Lipinski definition) is 2. The molecule has 0 aliphatic carbocycles. The predicted molar refractivity (Wildman–Crippen MR) is 80.7 cm³/mol. The Kier molecular flexibility index (Phi) is 2.48. The molecule has 2 aliphatic rings. The van der Waals surface area contributed by atoms with Crippen LogP contribution in [0.2, 0.25) is 0 Å². The van der Waals surface area contributed by atoms with Crippen LogP contribution in [-0.2, 0) is 0 Å². The Morgan fingerprint density at radius 2 is 1.89 bits per heavy atom. The summed E-state index contributed by atoms with van der Waals surface area (Å²) in [5.74, 6) is 0.720. The van der Waals surface area contributed by atoms with Gasteiger partial charge >= 0.3 is 0 Å². The van der Waals surface area contributed by atoms with E-state index in [1.54, 1.807) is 6.34 Å². The first kappa shape index (κ1) is 11.1. The van der Waals surface area contributed by atoms with Crippen LogP contribution in [0.1, 0.15) is 0 Å². The van der Waals surface area contributed by atoms with Gasteiger partial charge in [-0.1, -0.05) is 0 Å². The van der Waals surface area contributed by atoms with Gasteiger partial charge in [-0.25, -0.2) is 4.99 Å². The first-order chi connectivity index (χ1) is 8.66. The Balaban J connectivity index is 2.05. The zero-order chi connectivity index (χ0) is 12.7. The maximum absolute atomic E-state index is 6.21. The van der Waals surface area contributed by atoms with Crippen LogP contribution < -0.4 is 16.4 Å². The number of nitrogens with two attached hydrogens (primary N) is 2. The summed E-state index contributed by atoms with van der Waals surface area (Å²) in [5, 5.41) is 2.14. The largest absolute Gasteiger partial charge is 0.399 e. The number of fused-ring (bicyclic) bond motifs is 1. The third-order valence-electron chi connectivity index (χ3n) is 2.97. The van der Waals surface area contributed by atoms with Gasteiger partial charge in [-0.15, -0.1) is 10.5 Å². The SMILES string of the molecule is CS1=C2N=CN(c3ccc(N)cc3)C(N)=C2C=C1. The highest BCUT2D eigenvalue weighted by atomic mass is 32.2. The standard InChI is InChI=1S/C13H14N4S/c1-18-7-6-11-12(15)17(8-16-13(11)18)10-4-2-9(14)3-5-10/h2-8H,14-15H2,1H3. The number of hydrogen-bond acceptors (Lipinski definition) is 4. The van der Waals surface area contributed by atoms with Crippen LogP contribution in [0, 0.1) is 0 Å². The van der Waals surface area contributed by atoms with E-state index in [0.29, 0.717) is 0 Å². The van der Waals surface area contributed by atoms with E-state index in [-0.39, 0.29) is 10.5 Å². The molecular weight excluding hydrogens is 244 g/mol. The van der Waals surface area contributed by atoms with Gasteiger partial charge in [-0.05, 0) is 42.0 Å². The maximum atomic E-state index is 6.21. The number of aliphatic imine (C=N–C) groups is 1. The van der Waals surface area contributed by atoms with Gasteiger partial charge in [0.05, 0.1) is 0 Å². The molecule has 2 heterocycles. The lowest BCUT2D eigenvalue weighted by atomic mass is 10.2. The van der Waals surface area contributed by atoms with Crippen molar-refractivity contribution in [3.05, 3.63) is 47.1 Å². The molecule has 1 atom stereocenters. The van der Waals surface area contributed by atoms with Crippen molar-refractivity contribution in [3.8, 4) is 0 Å². The van der Waals surface area contributed by atoms with E-state index < -0.39 is 0 Å². The maximum Gasteiger partial charge on any atom is 0.119 e. The number of rotatable bonds is 1. The summed E-state index contributed by atoms with van der Waals surface area (Å²) in [6.45, 7) is 0. The first-order valence-electron chi connectivity index (χ1n) is 5.56. The number of anilines is 2. The Morgan fingerprint density at radius 1 is 1.17 bits per heavy atom. The van der Waals surface area contributed by atoms with Crippen LogP contribution in [0.15, 0.2) is 52.1 Å². The fourth-order valence-electron chi connectivity index (χ4n) is 1.97. The average Bonchev–Trinajstić information content (AvgIpc) is 2.74. The Bertz CT molecular complexity index is 623. The topological polar surface area (TPSA) is 67.6 Å². The molecule has 5 heteroatoms. The van der Waals surface area contributed by atoms with E-state index in [4.69, 9.17) is 11.5 Å². The molecular formula is C13H14N4S. The fourth-order valence-corrected chi connectivity index (χ4v) is 3.17. The van der Waals surface area contributed by atoms with Gasteiger partial charge < -0.3 is 11.5 Å². The highest BCUT2D eigenvalue weighted by molar-refractivity contribution is 8.18. The molecule has 1 unspecified atom stereocenters. The molecule has 18 heavy (non-hydrogen) atoms. The summed E-state index contributed by atoms with van der Waals surface area (Å²) >= 11 is 0. The lowest BCUT2D eigenvalue weighted by Crippen LogP contribution is -2.32.